The molecule has 96 valence electrons. The molecule has 0 N–H and O–H groups in total. The third kappa shape index (κ3) is 5.25. The van der Waals surface area contributed by atoms with E-state index < -0.39 is 39.1 Å². The Morgan fingerprint density at radius 1 is 0.812 bits per heavy atom. The molecule has 0 spiro atoms. The molecule has 1 rings (SSSR count). The molecule has 0 saturated carbocycles. The van der Waals surface area contributed by atoms with Crippen molar-refractivity contribution >= 4 is 39.1 Å². The summed E-state index contributed by atoms with van der Waals surface area (Å²) in [5, 5.41) is 3.02. The second kappa shape index (κ2) is 7.09. The van der Waals surface area contributed by atoms with Gasteiger partial charge in [-0.25, -0.2) is 10.1 Å². The van der Waals surface area contributed by atoms with Crippen molar-refractivity contribution in [2.24, 2.45) is 0 Å². The highest BCUT2D eigenvalue weighted by molar-refractivity contribution is 6.65. The van der Waals surface area contributed by atoms with Crippen molar-refractivity contribution in [3.05, 3.63) is 0 Å². The molecule has 16 heavy (non-hydrogen) atoms. The zero-order chi connectivity index (χ0) is 12.0. The second-order valence-corrected chi connectivity index (χ2v) is 11.0. The van der Waals surface area contributed by atoms with Crippen molar-refractivity contribution < 1.29 is 25.5 Å². The summed E-state index contributed by atoms with van der Waals surface area (Å²) in [6, 6.07) is 0. The molecule has 0 atom stereocenters. The Balaban J connectivity index is 2.64. The third-order valence-electron chi connectivity index (χ3n) is 1.39. The highest BCUT2D eigenvalue weighted by Gasteiger charge is 2.49. The number of rotatable bonds is 4. The Labute approximate surface area is 103 Å². The van der Waals surface area contributed by atoms with Gasteiger partial charge in [-0.15, -0.1) is 0 Å². The Kier molecular flexibility index (Phi) is 6.47. The van der Waals surface area contributed by atoms with Crippen molar-refractivity contribution in [3.63, 3.8) is 0 Å². The van der Waals surface area contributed by atoms with Crippen LogP contribution in [-0.4, -0.2) is 77.4 Å². The minimum Gasteiger partial charge on any atom is -0.425 e. The van der Waals surface area contributed by atoms with Gasteiger partial charge in [0, 0.05) is 28.2 Å². The third-order valence-corrected chi connectivity index (χ3v) is 9.01. The van der Waals surface area contributed by atoms with Gasteiger partial charge in [-0.3, -0.25) is 9.05 Å². The van der Waals surface area contributed by atoms with Gasteiger partial charge in [-0.1, -0.05) is 0 Å². The van der Waals surface area contributed by atoms with Crippen molar-refractivity contribution in [1.29, 1.82) is 0 Å². The maximum atomic E-state index is 5.59. The van der Waals surface area contributed by atoms with E-state index in [-0.39, 0.29) is 0 Å². The van der Waals surface area contributed by atoms with E-state index in [1.807, 2.05) is 0 Å². The summed E-state index contributed by atoms with van der Waals surface area (Å²) in [5.41, 5.74) is 0. The lowest BCUT2D eigenvalue weighted by Gasteiger charge is -2.32. The Morgan fingerprint density at radius 3 is 1.62 bits per heavy atom. The van der Waals surface area contributed by atoms with Crippen LogP contribution >= 0.6 is 0 Å². The molecule has 0 aromatic carbocycles. The van der Waals surface area contributed by atoms with Crippen LogP contribution in [0.3, 0.4) is 0 Å². The first-order valence-electron chi connectivity index (χ1n) is 4.70. The molecule has 8 nitrogen and oxygen atoms in total. The van der Waals surface area contributed by atoms with Crippen LogP contribution in [-0.2, 0) is 25.5 Å². The smallest absolute Gasteiger partial charge is 0.425 e. The SMILES string of the molecule is CN(C)O[Si]1(ON(C)C)O[SiH2]O[SiH2]O[SiH2]O1. The molecule has 0 aromatic rings. The fraction of sp³-hybridized carbons (Fsp3) is 1.00. The van der Waals surface area contributed by atoms with E-state index in [1.165, 1.54) is 10.1 Å². The molecule has 0 unspecified atom stereocenters. The quantitative estimate of drug-likeness (QED) is 0.391. The van der Waals surface area contributed by atoms with Gasteiger partial charge in [0.25, 0.3) is 30.0 Å². The van der Waals surface area contributed by atoms with Crippen LogP contribution in [0.4, 0.5) is 0 Å². The standard InChI is InChI=1S/C4H18N2O6Si4/c1-5(2)7-16(8-6(3)4)11-14-9-13-10-15-12-16/h13-15H2,1-4H3. The van der Waals surface area contributed by atoms with Gasteiger partial charge in [-0.2, -0.15) is 0 Å². The van der Waals surface area contributed by atoms with E-state index in [0.717, 1.165) is 0 Å². The highest BCUT2D eigenvalue weighted by Crippen LogP contribution is 2.13. The van der Waals surface area contributed by atoms with Gasteiger partial charge in [0.2, 0.25) is 0 Å². The minimum absolute atomic E-state index is 0.894. The zero-order valence-electron chi connectivity index (χ0n) is 9.97. The van der Waals surface area contributed by atoms with Crippen LogP contribution in [0.25, 0.3) is 0 Å². The lowest BCUT2D eigenvalue weighted by molar-refractivity contribution is -0.167. The molecule has 0 radical (unpaired) electrons. The first-order chi connectivity index (χ1) is 7.54. The van der Waals surface area contributed by atoms with Crippen molar-refractivity contribution in [2.45, 2.75) is 0 Å². The minimum atomic E-state index is -3.14. The summed E-state index contributed by atoms with van der Waals surface area (Å²) in [5.74, 6) is 0. The van der Waals surface area contributed by atoms with Gasteiger partial charge < -0.3 is 16.5 Å². The molecule has 0 aliphatic carbocycles. The Hall–Kier alpha value is 0.548. The number of hydrogen-bond acceptors (Lipinski definition) is 8. The molecule has 1 aliphatic heterocycles. The van der Waals surface area contributed by atoms with E-state index in [4.69, 9.17) is 25.5 Å². The predicted molar refractivity (Wildman–Crippen MR) is 65.3 cm³/mol. The molecule has 1 fully saturated rings. The molecule has 1 saturated heterocycles. The van der Waals surface area contributed by atoms with Crippen LogP contribution in [0.2, 0.25) is 0 Å². The second-order valence-electron chi connectivity index (χ2n) is 3.36. The summed E-state index contributed by atoms with van der Waals surface area (Å²) < 4.78 is 32.8. The van der Waals surface area contributed by atoms with Gasteiger partial charge in [-0.05, 0) is 0 Å². The van der Waals surface area contributed by atoms with E-state index >= 15 is 0 Å². The van der Waals surface area contributed by atoms with Crippen LogP contribution in [0.1, 0.15) is 0 Å². The fourth-order valence-corrected chi connectivity index (χ4v) is 9.22. The van der Waals surface area contributed by atoms with Crippen LogP contribution in [0, 0.1) is 0 Å². The van der Waals surface area contributed by atoms with E-state index in [0.29, 0.717) is 0 Å². The van der Waals surface area contributed by atoms with Crippen LogP contribution in [0.5, 0.6) is 0 Å². The van der Waals surface area contributed by atoms with E-state index in [1.54, 1.807) is 28.2 Å². The molecule has 0 aromatic heterocycles. The first-order valence-corrected chi connectivity index (χ1v) is 9.80. The molecule has 1 heterocycles. The van der Waals surface area contributed by atoms with Crippen molar-refractivity contribution in [3.8, 4) is 0 Å². The fourth-order valence-electron chi connectivity index (χ4n) is 0.966. The van der Waals surface area contributed by atoms with Gasteiger partial charge in [0.15, 0.2) is 0 Å². The first kappa shape index (κ1) is 14.6. The van der Waals surface area contributed by atoms with Crippen LogP contribution in [0.15, 0.2) is 0 Å². The number of hydroxylamine groups is 4. The van der Waals surface area contributed by atoms with Gasteiger partial charge in [0.05, 0.1) is 0 Å². The highest BCUT2D eigenvalue weighted by atomic mass is 28.5. The van der Waals surface area contributed by atoms with Crippen molar-refractivity contribution in [2.75, 3.05) is 28.2 Å². The maximum Gasteiger partial charge on any atom is 0.695 e. The average molecular weight is 303 g/mol. The normalized spacial score (nSPS) is 26.6. The van der Waals surface area contributed by atoms with Crippen LogP contribution < -0.4 is 0 Å². The van der Waals surface area contributed by atoms with Gasteiger partial charge >= 0.3 is 9.05 Å². The monoisotopic (exact) mass is 302 g/mol. The molecule has 0 amide bonds. The summed E-state index contributed by atoms with van der Waals surface area (Å²) in [4.78, 5) is 0. The molecular formula is C4H18N2O6Si4. The molecule has 0 bridgehead atoms. The average Bonchev–Trinajstić information content (AvgIpc) is 2.09. The Bertz CT molecular complexity index is 189. The lowest BCUT2D eigenvalue weighted by atomic mass is 11.2. The number of hydrogen-bond donors (Lipinski definition) is 0. The molecule has 1 aliphatic rings. The van der Waals surface area contributed by atoms with E-state index in [9.17, 15) is 0 Å². The maximum absolute atomic E-state index is 5.59. The summed E-state index contributed by atoms with van der Waals surface area (Å²) >= 11 is 0. The predicted octanol–water partition coefficient (Wildman–Crippen LogP) is -3.52. The van der Waals surface area contributed by atoms with Gasteiger partial charge in [0.1, 0.15) is 0 Å². The summed E-state index contributed by atoms with van der Waals surface area (Å²) in [7, 11) is 0.665. The largest absolute Gasteiger partial charge is 0.695 e. The summed E-state index contributed by atoms with van der Waals surface area (Å²) in [6.07, 6.45) is 0. The molecule has 12 heteroatoms. The van der Waals surface area contributed by atoms with E-state index in [2.05, 4.69) is 0 Å². The van der Waals surface area contributed by atoms with Crippen molar-refractivity contribution in [1.82, 2.24) is 10.1 Å². The lowest BCUT2D eigenvalue weighted by Crippen LogP contribution is -2.57. The Morgan fingerprint density at radius 2 is 1.25 bits per heavy atom. The zero-order valence-corrected chi connectivity index (χ0v) is 15.2. The summed E-state index contributed by atoms with van der Waals surface area (Å²) in [6.45, 7) is 0. The number of nitrogens with zero attached hydrogens (tertiary/aromatic N) is 2. The topological polar surface area (TPSA) is 61.9 Å². The molecular weight excluding hydrogens is 284 g/mol.